The molecule has 0 fully saturated rings. The monoisotopic (exact) mass is 769 g/mol. The molecule has 0 saturated carbocycles. The first-order chi connectivity index (χ1) is 19.8. The number of para-hydroxylation sites is 1. The third-order valence-corrected chi connectivity index (χ3v) is 8.36. The van der Waals surface area contributed by atoms with Gasteiger partial charge in [-0.3, -0.25) is 4.79 Å². The zero-order valence-corrected chi connectivity index (χ0v) is 27.5. The van der Waals surface area contributed by atoms with Crippen molar-refractivity contribution >= 4 is 62.3 Å². The molecule has 0 spiro atoms. The van der Waals surface area contributed by atoms with Gasteiger partial charge in [-0.25, -0.2) is 4.98 Å². The number of nitrogens with zero attached hydrogens (tertiary/aromatic N) is 3. The molecule has 0 aliphatic heterocycles. The van der Waals surface area contributed by atoms with E-state index in [-0.39, 0.29) is 11.5 Å². The molecule has 1 aromatic heterocycles. The van der Waals surface area contributed by atoms with Gasteiger partial charge in [0.05, 0.1) is 31.4 Å². The van der Waals surface area contributed by atoms with Gasteiger partial charge in [0, 0.05) is 5.56 Å². The number of aryl methyl sites for hydroxylation is 1. The van der Waals surface area contributed by atoms with Crippen molar-refractivity contribution < 1.29 is 9.47 Å². The highest BCUT2D eigenvalue weighted by atomic mass is 127. The molecule has 0 N–H and O–H groups in total. The molecule has 4 aromatic carbocycles. The highest BCUT2D eigenvalue weighted by Crippen LogP contribution is 2.34. The van der Waals surface area contributed by atoms with E-state index in [9.17, 15) is 4.79 Å². The van der Waals surface area contributed by atoms with Crippen LogP contribution in [0, 0.1) is 14.1 Å². The molecule has 0 aliphatic rings. The summed E-state index contributed by atoms with van der Waals surface area (Å²) in [5, 5.41) is 5.22. The minimum atomic E-state index is -0.227. The summed E-state index contributed by atoms with van der Waals surface area (Å²) in [6, 6.07) is 25.5. The number of aromatic nitrogens is 2. The van der Waals surface area contributed by atoms with E-state index in [2.05, 4.69) is 65.1 Å². The fourth-order valence-electron chi connectivity index (χ4n) is 4.62. The Morgan fingerprint density at radius 1 is 0.976 bits per heavy atom. The standard InChI is InChI=1S/C33H29I2N3O3/c1-20(2)25-17-26(21(3)14-30(25)40-4)32-37-29-13-9-8-12-24(29)33(39)38(32)36-18-23-15-27(34)31(28(35)16-23)41-19-22-10-6-5-7-11-22/h5-18,20H,19H2,1-4H3. The zero-order valence-electron chi connectivity index (χ0n) is 23.2. The molecule has 41 heavy (non-hydrogen) atoms. The first-order valence-electron chi connectivity index (χ1n) is 13.2. The van der Waals surface area contributed by atoms with Crippen LogP contribution in [0.15, 0.2) is 88.8 Å². The van der Waals surface area contributed by atoms with E-state index in [0.717, 1.165) is 46.5 Å². The molecule has 0 radical (unpaired) electrons. The number of rotatable bonds is 8. The third kappa shape index (κ3) is 6.33. The number of fused-ring (bicyclic) bond motifs is 1. The van der Waals surface area contributed by atoms with Crippen molar-refractivity contribution in [1.82, 2.24) is 9.66 Å². The minimum Gasteiger partial charge on any atom is -0.496 e. The molecule has 0 saturated heterocycles. The van der Waals surface area contributed by atoms with Gasteiger partial charge in [-0.1, -0.05) is 56.3 Å². The van der Waals surface area contributed by atoms with E-state index in [1.165, 1.54) is 4.68 Å². The summed E-state index contributed by atoms with van der Waals surface area (Å²) in [6.45, 7) is 6.72. The molecule has 6 nitrogen and oxygen atoms in total. The van der Waals surface area contributed by atoms with Crippen LogP contribution >= 0.6 is 45.2 Å². The van der Waals surface area contributed by atoms with Crippen molar-refractivity contribution in [1.29, 1.82) is 0 Å². The zero-order chi connectivity index (χ0) is 29.1. The molecule has 0 unspecified atom stereocenters. The first-order valence-corrected chi connectivity index (χ1v) is 15.3. The molecular weight excluding hydrogens is 740 g/mol. The Morgan fingerprint density at radius 3 is 2.34 bits per heavy atom. The summed E-state index contributed by atoms with van der Waals surface area (Å²) >= 11 is 4.56. The van der Waals surface area contributed by atoms with Gasteiger partial charge < -0.3 is 9.47 Å². The number of benzene rings is 4. The Bertz CT molecular complexity index is 1790. The molecule has 5 aromatic rings. The minimum absolute atomic E-state index is 0.222. The molecule has 8 heteroatoms. The van der Waals surface area contributed by atoms with Crippen LogP contribution in [-0.2, 0) is 6.61 Å². The maximum absolute atomic E-state index is 13.8. The summed E-state index contributed by atoms with van der Waals surface area (Å²) in [6.07, 6.45) is 1.70. The van der Waals surface area contributed by atoms with Crippen molar-refractivity contribution in [2.24, 2.45) is 5.10 Å². The molecule has 1 heterocycles. The van der Waals surface area contributed by atoms with Gasteiger partial charge in [-0.2, -0.15) is 9.78 Å². The predicted molar refractivity (Wildman–Crippen MR) is 182 cm³/mol. The highest BCUT2D eigenvalue weighted by Gasteiger charge is 2.18. The van der Waals surface area contributed by atoms with E-state index >= 15 is 0 Å². The van der Waals surface area contributed by atoms with Crippen LogP contribution < -0.4 is 15.0 Å². The van der Waals surface area contributed by atoms with Crippen LogP contribution in [-0.4, -0.2) is 23.0 Å². The van der Waals surface area contributed by atoms with Crippen molar-refractivity contribution in [2.45, 2.75) is 33.3 Å². The predicted octanol–water partition coefficient (Wildman–Crippen LogP) is 8.17. The van der Waals surface area contributed by atoms with Crippen LogP contribution in [0.2, 0.25) is 0 Å². The fraction of sp³-hybridized carbons (Fsp3) is 0.182. The fourth-order valence-corrected chi connectivity index (χ4v) is 6.75. The number of halogens is 2. The Morgan fingerprint density at radius 2 is 1.66 bits per heavy atom. The lowest BCUT2D eigenvalue weighted by atomic mass is 9.96. The van der Waals surface area contributed by atoms with E-state index in [1.807, 2.05) is 73.7 Å². The van der Waals surface area contributed by atoms with Crippen LogP contribution in [0.4, 0.5) is 0 Å². The van der Waals surface area contributed by atoms with Crippen molar-refractivity contribution in [2.75, 3.05) is 7.11 Å². The Hall–Kier alpha value is -3.25. The summed E-state index contributed by atoms with van der Waals surface area (Å²) in [5.41, 5.74) is 5.19. The summed E-state index contributed by atoms with van der Waals surface area (Å²) in [7, 11) is 1.68. The SMILES string of the molecule is COc1cc(C)c(-c2nc3ccccc3c(=O)n2N=Cc2cc(I)c(OCc3ccccc3)c(I)c2)cc1C(C)C. The van der Waals surface area contributed by atoms with Crippen molar-refractivity contribution in [3.63, 3.8) is 0 Å². The normalized spacial score (nSPS) is 11.5. The lowest BCUT2D eigenvalue weighted by molar-refractivity contribution is 0.302. The van der Waals surface area contributed by atoms with Gasteiger partial charge in [0.1, 0.15) is 18.1 Å². The van der Waals surface area contributed by atoms with Crippen molar-refractivity contribution in [3.8, 4) is 22.9 Å². The smallest absolute Gasteiger partial charge is 0.282 e. The van der Waals surface area contributed by atoms with Gasteiger partial charge in [0.25, 0.3) is 5.56 Å². The van der Waals surface area contributed by atoms with E-state index in [4.69, 9.17) is 19.6 Å². The largest absolute Gasteiger partial charge is 0.496 e. The van der Waals surface area contributed by atoms with Crippen LogP contribution in [0.25, 0.3) is 22.3 Å². The van der Waals surface area contributed by atoms with Gasteiger partial charge in [0.15, 0.2) is 5.82 Å². The Labute approximate surface area is 266 Å². The van der Waals surface area contributed by atoms with Crippen LogP contribution in [0.3, 0.4) is 0 Å². The van der Waals surface area contributed by atoms with Crippen LogP contribution in [0.5, 0.6) is 11.5 Å². The average Bonchev–Trinajstić information content (AvgIpc) is 2.96. The molecule has 0 atom stereocenters. The molecule has 0 bridgehead atoms. The second kappa shape index (κ2) is 12.7. The lowest BCUT2D eigenvalue weighted by Crippen LogP contribution is -2.21. The maximum atomic E-state index is 13.8. The quantitative estimate of drug-likeness (QED) is 0.118. The number of ether oxygens (including phenoxy) is 2. The third-order valence-electron chi connectivity index (χ3n) is 6.76. The topological polar surface area (TPSA) is 65.7 Å². The highest BCUT2D eigenvalue weighted by molar-refractivity contribution is 14.1. The maximum Gasteiger partial charge on any atom is 0.282 e. The van der Waals surface area contributed by atoms with Gasteiger partial charge >= 0.3 is 0 Å². The Balaban J connectivity index is 1.58. The Kier molecular flexibility index (Phi) is 9.08. The van der Waals surface area contributed by atoms with E-state index in [1.54, 1.807) is 19.4 Å². The molecule has 5 rings (SSSR count). The van der Waals surface area contributed by atoms with Gasteiger partial charge in [-0.15, -0.1) is 0 Å². The summed E-state index contributed by atoms with van der Waals surface area (Å²) < 4.78 is 15.1. The molecule has 0 amide bonds. The summed E-state index contributed by atoms with van der Waals surface area (Å²) in [4.78, 5) is 18.7. The second-order valence-electron chi connectivity index (χ2n) is 9.97. The number of methoxy groups -OCH3 is 1. The van der Waals surface area contributed by atoms with E-state index in [0.29, 0.717) is 23.3 Å². The second-order valence-corrected chi connectivity index (χ2v) is 12.3. The van der Waals surface area contributed by atoms with Gasteiger partial charge in [-0.05, 0) is 117 Å². The molecule has 0 aliphatic carbocycles. The van der Waals surface area contributed by atoms with Crippen molar-refractivity contribution in [3.05, 3.63) is 119 Å². The molecular formula is C33H29I2N3O3. The van der Waals surface area contributed by atoms with Gasteiger partial charge in [0.2, 0.25) is 0 Å². The lowest BCUT2D eigenvalue weighted by Gasteiger charge is -2.17. The molecule has 208 valence electrons. The average molecular weight is 769 g/mol. The number of hydrogen-bond donors (Lipinski definition) is 0. The van der Waals surface area contributed by atoms with E-state index < -0.39 is 0 Å². The first kappa shape index (κ1) is 29.2. The summed E-state index contributed by atoms with van der Waals surface area (Å²) in [5.74, 6) is 2.35. The van der Waals surface area contributed by atoms with Crippen LogP contribution in [0.1, 0.15) is 42.0 Å². The number of hydrogen-bond acceptors (Lipinski definition) is 5.